The molecule has 3 aromatic rings. The minimum atomic E-state index is -0.834. The van der Waals surface area contributed by atoms with Gasteiger partial charge in [0.1, 0.15) is 5.75 Å². The van der Waals surface area contributed by atoms with E-state index in [1.165, 1.54) is 0 Å². The third kappa shape index (κ3) is 8.03. The first-order valence-corrected chi connectivity index (χ1v) is 11.2. The number of aliphatic hydroxyl groups is 1. The Balaban J connectivity index is 1.56. The van der Waals surface area contributed by atoms with Crippen LogP contribution in [0, 0.1) is 0 Å². The Hall–Kier alpha value is -3.68. The van der Waals surface area contributed by atoms with Crippen molar-refractivity contribution in [3.63, 3.8) is 0 Å². The molecule has 3 rings (SSSR count). The summed E-state index contributed by atoms with van der Waals surface area (Å²) < 4.78 is 5.24. The predicted octanol–water partition coefficient (Wildman–Crippen LogP) is 2.30. The zero-order valence-corrected chi connectivity index (χ0v) is 19.2. The highest BCUT2D eigenvalue weighted by Crippen LogP contribution is 2.12. The van der Waals surface area contributed by atoms with Gasteiger partial charge in [0, 0.05) is 18.7 Å². The number of hydrogen-bond acceptors (Lipinski definition) is 5. The molecule has 0 saturated carbocycles. The maximum Gasteiger partial charge on any atom is 0.251 e. The van der Waals surface area contributed by atoms with Gasteiger partial charge in [-0.05, 0) is 41.8 Å². The molecule has 0 aliphatic carbocycles. The van der Waals surface area contributed by atoms with Crippen molar-refractivity contribution < 1.29 is 19.4 Å². The molecule has 2 atom stereocenters. The van der Waals surface area contributed by atoms with Crippen molar-refractivity contribution in [2.24, 2.45) is 0 Å². The third-order valence-corrected chi connectivity index (χ3v) is 5.37. The quantitative estimate of drug-likeness (QED) is 0.332. The molecule has 0 aliphatic rings. The van der Waals surface area contributed by atoms with Gasteiger partial charge in [-0.2, -0.15) is 0 Å². The molecule has 178 valence electrons. The van der Waals surface area contributed by atoms with Crippen LogP contribution >= 0.6 is 0 Å². The van der Waals surface area contributed by atoms with Gasteiger partial charge in [-0.3, -0.25) is 9.59 Å². The minimum Gasteiger partial charge on any atom is -0.497 e. The fourth-order valence-electron chi connectivity index (χ4n) is 3.55. The van der Waals surface area contributed by atoms with E-state index in [0.717, 1.165) is 16.9 Å². The molecule has 0 radical (unpaired) electrons. The molecular weight excluding hydrogens is 430 g/mol. The Bertz CT molecular complexity index is 1040. The smallest absolute Gasteiger partial charge is 0.251 e. The van der Waals surface area contributed by atoms with E-state index in [1.54, 1.807) is 31.4 Å². The standard InChI is InChI=1S/C27H31N3O4/c1-34-23-14-8-11-21(15-23)17-28-18-25(31)24(16-20-9-4-2-5-10-20)30-26(32)19-29-27(33)22-12-6-3-7-13-22/h2-15,24-25,28,31H,16-19H2,1H3,(H,29,33)(H,30,32)/t24-,25+/m1/s1. The van der Waals surface area contributed by atoms with Crippen molar-refractivity contribution in [1.82, 2.24) is 16.0 Å². The summed E-state index contributed by atoms with van der Waals surface area (Å²) in [5.74, 6) is 0.0829. The van der Waals surface area contributed by atoms with Crippen LogP contribution in [-0.2, 0) is 17.8 Å². The number of hydrogen-bond donors (Lipinski definition) is 4. The molecule has 0 bridgehead atoms. The lowest BCUT2D eigenvalue weighted by Crippen LogP contribution is -2.51. The van der Waals surface area contributed by atoms with Gasteiger partial charge in [-0.15, -0.1) is 0 Å². The molecule has 34 heavy (non-hydrogen) atoms. The highest BCUT2D eigenvalue weighted by molar-refractivity contribution is 5.96. The Morgan fingerprint density at radius 2 is 1.59 bits per heavy atom. The Labute approximate surface area is 200 Å². The van der Waals surface area contributed by atoms with E-state index in [2.05, 4.69) is 16.0 Å². The van der Waals surface area contributed by atoms with E-state index >= 15 is 0 Å². The molecule has 0 fully saturated rings. The SMILES string of the molecule is COc1cccc(CNC[C@H](O)[C@@H](Cc2ccccc2)NC(=O)CNC(=O)c2ccccc2)c1. The molecular formula is C27H31N3O4. The van der Waals surface area contributed by atoms with Gasteiger partial charge in [-0.1, -0.05) is 60.7 Å². The topological polar surface area (TPSA) is 99.7 Å². The number of methoxy groups -OCH3 is 1. The van der Waals surface area contributed by atoms with Crippen molar-refractivity contribution >= 4 is 11.8 Å². The molecule has 0 saturated heterocycles. The zero-order chi connectivity index (χ0) is 24.2. The number of nitrogens with one attached hydrogen (secondary N) is 3. The normalized spacial score (nSPS) is 12.4. The van der Waals surface area contributed by atoms with Gasteiger partial charge in [-0.25, -0.2) is 0 Å². The summed E-state index contributed by atoms with van der Waals surface area (Å²) in [6.45, 7) is 0.655. The lowest BCUT2D eigenvalue weighted by atomic mass is 10.0. The fourth-order valence-corrected chi connectivity index (χ4v) is 3.55. The van der Waals surface area contributed by atoms with E-state index in [0.29, 0.717) is 18.5 Å². The first-order chi connectivity index (χ1) is 16.5. The summed E-state index contributed by atoms with van der Waals surface area (Å²) in [7, 11) is 1.62. The maximum atomic E-state index is 12.6. The van der Waals surface area contributed by atoms with Crippen LogP contribution in [0.4, 0.5) is 0 Å². The molecule has 3 aromatic carbocycles. The van der Waals surface area contributed by atoms with Crippen LogP contribution < -0.4 is 20.7 Å². The average Bonchev–Trinajstić information content (AvgIpc) is 2.88. The van der Waals surface area contributed by atoms with Gasteiger partial charge in [0.25, 0.3) is 5.91 Å². The largest absolute Gasteiger partial charge is 0.497 e. The zero-order valence-electron chi connectivity index (χ0n) is 19.2. The number of rotatable bonds is 12. The van der Waals surface area contributed by atoms with E-state index in [-0.39, 0.29) is 24.9 Å². The second-order valence-corrected chi connectivity index (χ2v) is 7.96. The van der Waals surface area contributed by atoms with Crippen LogP contribution in [0.3, 0.4) is 0 Å². The molecule has 0 unspecified atom stereocenters. The van der Waals surface area contributed by atoms with E-state index in [4.69, 9.17) is 4.74 Å². The minimum absolute atomic E-state index is 0.178. The Kier molecular flexibility index (Phi) is 9.64. The van der Waals surface area contributed by atoms with Crippen LogP contribution in [0.5, 0.6) is 5.75 Å². The third-order valence-electron chi connectivity index (χ3n) is 5.37. The number of ether oxygens (including phenoxy) is 1. The number of carbonyl (C=O) groups is 2. The summed E-state index contributed by atoms with van der Waals surface area (Å²) >= 11 is 0. The van der Waals surface area contributed by atoms with Gasteiger partial charge in [0.2, 0.25) is 5.91 Å². The number of carbonyl (C=O) groups excluding carboxylic acids is 2. The summed E-state index contributed by atoms with van der Waals surface area (Å²) in [5, 5.41) is 19.6. The Morgan fingerprint density at radius 1 is 0.912 bits per heavy atom. The second-order valence-electron chi connectivity index (χ2n) is 7.96. The van der Waals surface area contributed by atoms with Crippen molar-refractivity contribution in [2.45, 2.75) is 25.1 Å². The summed E-state index contributed by atoms with van der Waals surface area (Å²) in [5.41, 5.74) is 2.50. The van der Waals surface area contributed by atoms with E-state index in [9.17, 15) is 14.7 Å². The number of aliphatic hydroxyl groups excluding tert-OH is 1. The maximum absolute atomic E-state index is 12.6. The lowest BCUT2D eigenvalue weighted by Gasteiger charge is -2.25. The van der Waals surface area contributed by atoms with Gasteiger partial charge < -0.3 is 25.8 Å². The molecule has 2 amide bonds. The highest BCUT2D eigenvalue weighted by atomic mass is 16.5. The van der Waals surface area contributed by atoms with Gasteiger partial charge in [0.15, 0.2) is 0 Å². The predicted molar refractivity (Wildman–Crippen MR) is 132 cm³/mol. The number of amides is 2. The van der Waals surface area contributed by atoms with Crippen LogP contribution in [0.25, 0.3) is 0 Å². The average molecular weight is 462 g/mol. The first kappa shape index (κ1) is 25.0. The molecule has 7 nitrogen and oxygen atoms in total. The molecule has 0 spiro atoms. The highest BCUT2D eigenvalue weighted by Gasteiger charge is 2.22. The van der Waals surface area contributed by atoms with Gasteiger partial charge >= 0.3 is 0 Å². The van der Waals surface area contributed by atoms with Crippen LogP contribution in [0.15, 0.2) is 84.9 Å². The molecule has 7 heteroatoms. The van der Waals surface area contributed by atoms with Crippen molar-refractivity contribution in [1.29, 1.82) is 0 Å². The summed E-state index contributed by atoms with van der Waals surface area (Å²) in [6, 6.07) is 25.5. The molecule has 0 aromatic heterocycles. The number of benzene rings is 3. The van der Waals surface area contributed by atoms with Crippen molar-refractivity contribution in [3.8, 4) is 5.75 Å². The van der Waals surface area contributed by atoms with Crippen LogP contribution in [0.1, 0.15) is 21.5 Å². The Morgan fingerprint density at radius 3 is 2.29 bits per heavy atom. The van der Waals surface area contributed by atoms with Gasteiger partial charge in [0.05, 0.1) is 25.8 Å². The first-order valence-electron chi connectivity index (χ1n) is 11.2. The van der Waals surface area contributed by atoms with E-state index < -0.39 is 12.1 Å². The van der Waals surface area contributed by atoms with Crippen LogP contribution in [0.2, 0.25) is 0 Å². The van der Waals surface area contributed by atoms with Crippen molar-refractivity contribution in [2.75, 3.05) is 20.2 Å². The molecule has 4 N–H and O–H groups in total. The van der Waals surface area contributed by atoms with Crippen molar-refractivity contribution in [3.05, 3.63) is 102 Å². The summed E-state index contributed by atoms with van der Waals surface area (Å²) in [6.07, 6.45) is -0.374. The van der Waals surface area contributed by atoms with Crippen LogP contribution in [-0.4, -0.2) is 49.3 Å². The summed E-state index contributed by atoms with van der Waals surface area (Å²) in [4.78, 5) is 24.8. The molecule has 0 heterocycles. The molecule has 0 aliphatic heterocycles. The second kappa shape index (κ2) is 13.1. The van der Waals surface area contributed by atoms with E-state index in [1.807, 2.05) is 60.7 Å². The monoisotopic (exact) mass is 461 g/mol. The lowest BCUT2D eigenvalue weighted by molar-refractivity contribution is -0.121. The fraction of sp³-hybridized carbons (Fsp3) is 0.259.